The molecule has 5 heteroatoms. The standard InChI is InChI=1S/C9H16N3OS/c1-14(2)8(11-10)9(13)12-6-4-3-5-7-12/h3-7H2,1-2H3/q+1. The molecular formula is C9H16N3OS+. The average molecular weight is 214 g/mol. The third-order valence-electron chi connectivity index (χ3n) is 2.30. The Labute approximate surface area is 87.2 Å². The molecule has 1 heterocycles. The normalized spacial score (nSPS) is 16.6. The SMILES string of the molecule is C[S+](C)C(=[N+]=[N-])C(=O)N1CCCCC1. The molecule has 0 bridgehead atoms. The highest BCUT2D eigenvalue weighted by Gasteiger charge is 2.38. The minimum Gasteiger partial charge on any atom is -0.355 e. The Kier molecular flexibility index (Phi) is 4.17. The van der Waals surface area contributed by atoms with Crippen molar-refractivity contribution in [1.29, 1.82) is 0 Å². The van der Waals surface area contributed by atoms with E-state index in [-0.39, 0.29) is 16.8 Å². The van der Waals surface area contributed by atoms with Crippen LogP contribution in [0, 0.1) is 0 Å². The highest BCUT2D eigenvalue weighted by Crippen LogP contribution is 2.09. The van der Waals surface area contributed by atoms with Gasteiger partial charge in [0.1, 0.15) is 23.4 Å². The molecule has 1 aliphatic rings. The van der Waals surface area contributed by atoms with Crippen LogP contribution in [0.1, 0.15) is 19.3 Å². The molecule has 0 N–H and O–H groups in total. The van der Waals surface area contributed by atoms with Crippen LogP contribution in [0.5, 0.6) is 0 Å². The summed E-state index contributed by atoms with van der Waals surface area (Å²) < 4.78 is 0. The maximum atomic E-state index is 11.8. The quantitative estimate of drug-likeness (QED) is 0.190. The van der Waals surface area contributed by atoms with Crippen LogP contribution in [0.3, 0.4) is 0 Å². The zero-order valence-corrected chi connectivity index (χ0v) is 9.51. The number of hydrogen-bond donors (Lipinski definition) is 0. The monoisotopic (exact) mass is 214 g/mol. The van der Waals surface area contributed by atoms with Crippen LogP contribution >= 0.6 is 0 Å². The van der Waals surface area contributed by atoms with Gasteiger partial charge in [0.2, 0.25) is 0 Å². The third kappa shape index (κ3) is 2.59. The largest absolute Gasteiger partial charge is 0.548 e. The first kappa shape index (κ1) is 11.3. The first-order chi connectivity index (χ1) is 6.66. The van der Waals surface area contributed by atoms with E-state index in [1.165, 1.54) is 6.42 Å². The number of likely N-dealkylation sites (tertiary alicyclic amines) is 1. The van der Waals surface area contributed by atoms with Gasteiger partial charge < -0.3 is 10.4 Å². The highest BCUT2D eigenvalue weighted by atomic mass is 32.2. The van der Waals surface area contributed by atoms with Gasteiger partial charge in [-0.25, -0.2) is 0 Å². The molecule has 1 saturated heterocycles. The molecule has 0 atom stereocenters. The molecule has 1 aliphatic heterocycles. The molecule has 0 aromatic heterocycles. The van der Waals surface area contributed by atoms with Gasteiger partial charge in [0.15, 0.2) is 0 Å². The number of carbonyl (C=O) groups excluding carboxylic acids is 1. The molecule has 1 rings (SSSR count). The highest BCUT2D eigenvalue weighted by molar-refractivity contribution is 8.11. The van der Waals surface area contributed by atoms with Crippen molar-refractivity contribution in [3.63, 3.8) is 0 Å². The maximum absolute atomic E-state index is 11.8. The van der Waals surface area contributed by atoms with Crippen LogP contribution in [0.4, 0.5) is 0 Å². The van der Waals surface area contributed by atoms with Crippen LogP contribution < -0.4 is 0 Å². The Bertz CT molecular complexity index is 265. The number of carbonyl (C=O) groups is 1. The van der Waals surface area contributed by atoms with E-state index in [0.29, 0.717) is 5.04 Å². The van der Waals surface area contributed by atoms with E-state index in [9.17, 15) is 4.79 Å². The summed E-state index contributed by atoms with van der Waals surface area (Å²) in [5, 5.41) is 0.298. The minimum atomic E-state index is -0.276. The smallest absolute Gasteiger partial charge is 0.355 e. The van der Waals surface area contributed by atoms with E-state index in [1.807, 2.05) is 12.5 Å². The minimum absolute atomic E-state index is 0.0967. The van der Waals surface area contributed by atoms with Gasteiger partial charge in [0, 0.05) is 13.1 Å². The van der Waals surface area contributed by atoms with Crippen molar-refractivity contribution in [1.82, 2.24) is 4.90 Å². The summed E-state index contributed by atoms with van der Waals surface area (Å²) in [6.07, 6.45) is 7.09. The van der Waals surface area contributed by atoms with Gasteiger partial charge in [-0.1, -0.05) is 0 Å². The van der Waals surface area contributed by atoms with Crippen LogP contribution in [0.2, 0.25) is 0 Å². The molecular weight excluding hydrogens is 198 g/mol. The lowest BCUT2D eigenvalue weighted by Gasteiger charge is -2.23. The van der Waals surface area contributed by atoms with Crippen LogP contribution in [-0.4, -0.2) is 46.2 Å². The molecule has 0 saturated carbocycles. The number of amides is 1. The van der Waals surface area contributed by atoms with Gasteiger partial charge in [0.05, 0.1) is 0 Å². The predicted molar refractivity (Wildman–Crippen MR) is 58.3 cm³/mol. The van der Waals surface area contributed by atoms with E-state index in [0.717, 1.165) is 25.9 Å². The van der Waals surface area contributed by atoms with Gasteiger partial charge in [-0.15, -0.1) is 4.79 Å². The molecule has 1 fully saturated rings. The van der Waals surface area contributed by atoms with E-state index in [1.54, 1.807) is 4.90 Å². The van der Waals surface area contributed by atoms with Crippen LogP contribution in [-0.2, 0) is 15.7 Å². The van der Waals surface area contributed by atoms with E-state index in [4.69, 9.17) is 5.53 Å². The van der Waals surface area contributed by atoms with Gasteiger partial charge in [-0.05, 0) is 19.3 Å². The summed E-state index contributed by atoms with van der Waals surface area (Å²) in [6.45, 7) is 1.60. The van der Waals surface area contributed by atoms with Crippen LogP contribution in [0.25, 0.3) is 5.53 Å². The van der Waals surface area contributed by atoms with Crippen molar-refractivity contribution >= 4 is 21.8 Å². The van der Waals surface area contributed by atoms with Crippen molar-refractivity contribution in [3.05, 3.63) is 5.53 Å². The van der Waals surface area contributed by atoms with Crippen molar-refractivity contribution in [2.24, 2.45) is 0 Å². The summed E-state index contributed by atoms with van der Waals surface area (Å²) in [5.41, 5.74) is 8.74. The first-order valence-corrected chi connectivity index (χ1v) is 6.80. The van der Waals surface area contributed by atoms with Crippen LogP contribution in [0.15, 0.2) is 0 Å². The molecule has 4 nitrogen and oxygen atoms in total. The van der Waals surface area contributed by atoms with Gasteiger partial charge in [-0.3, -0.25) is 4.79 Å². The molecule has 14 heavy (non-hydrogen) atoms. The summed E-state index contributed by atoms with van der Waals surface area (Å²) in [4.78, 5) is 16.7. The Hall–Kier alpha value is -0.800. The van der Waals surface area contributed by atoms with E-state index >= 15 is 0 Å². The van der Waals surface area contributed by atoms with E-state index in [2.05, 4.69) is 4.79 Å². The molecule has 0 spiro atoms. The van der Waals surface area contributed by atoms with Gasteiger partial charge in [0.25, 0.3) is 0 Å². The maximum Gasteiger partial charge on any atom is 0.548 e. The molecule has 0 aromatic rings. The Morgan fingerprint density at radius 2 is 1.86 bits per heavy atom. The molecule has 0 aromatic carbocycles. The summed E-state index contributed by atoms with van der Waals surface area (Å²) >= 11 is 0. The Morgan fingerprint density at radius 1 is 1.29 bits per heavy atom. The van der Waals surface area contributed by atoms with Gasteiger partial charge >= 0.3 is 11.0 Å². The second-order valence-electron chi connectivity index (χ2n) is 3.57. The topological polar surface area (TPSA) is 56.7 Å². The summed E-state index contributed by atoms with van der Waals surface area (Å²) in [6, 6.07) is 0. The number of nitrogens with zero attached hydrogens (tertiary/aromatic N) is 3. The fraction of sp³-hybridized carbons (Fsp3) is 0.778. The first-order valence-electron chi connectivity index (χ1n) is 4.75. The predicted octanol–water partition coefficient (Wildman–Crippen LogP) is 0.505. The fourth-order valence-electron chi connectivity index (χ4n) is 1.53. The molecule has 0 unspecified atom stereocenters. The average Bonchev–Trinajstić information content (AvgIpc) is 2.19. The lowest BCUT2D eigenvalue weighted by Crippen LogP contribution is -2.42. The van der Waals surface area contributed by atoms with Gasteiger partial charge in [-0.2, -0.15) is 0 Å². The zero-order chi connectivity index (χ0) is 10.6. The fourth-order valence-corrected chi connectivity index (χ4v) is 2.17. The number of piperidine rings is 1. The van der Waals surface area contributed by atoms with Crippen molar-refractivity contribution in [2.45, 2.75) is 19.3 Å². The second-order valence-corrected chi connectivity index (χ2v) is 5.59. The Balaban J connectivity index is 2.67. The van der Waals surface area contributed by atoms with Crippen molar-refractivity contribution < 1.29 is 9.58 Å². The van der Waals surface area contributed by atoms with Crippen molar-refractivity contribution in [2.75, 3.05) is 25.6 Å². The molecule has 78 valence electrons. The molecule has 0 aliphatic carbocycles. The molecule has 0 radical (unpaired) electrons. The number of rotatable bonds is 0. The van der Waals surface area contributed by atoms with E-state index < -0.39 is 0 Å². The number of hydrogen-bond acceptors (Lipinski definition) is 1. The molecule has 1 amide bonds. The summed E-state index contributed by atoms with van der Waals surface area (Å²) in [7, 11) is -0.276. The third-order valence-corrected chi connectivity index (χ3v) is 3.33. The lowest BCUT2D eigenvalue weighted by molar-refractivity contribution is -0.128. The zero-order valence-electron chi connectivity index (χ0n) is 8.69. The summed E-state index contributed by atoms with van der Waals surface area (Å²) in [5.74, 6) is -0.0967. The van der Waals surface area contributed by atoms with Crippen molar-refractivity contribution in [3.8, 4) is 0 Å². The lowest BCUT2D eigenvalue weighted by atomic mass is 10.1. The second kappa shape index (κ2) is 5.17. The Morgan fingerprint density at radius 3 is 2.29 bits per heavy atom.